The molecule has 0 radical (unpaired) electrons. The maximum atomic E-state index is 12.5. The molecule has 1 heterocycles. The van der Waals surface area contributed by atoms with E-state index in [-0.39, 0.29) is 18.4 Å². The van der Waals surface area contributed by atoms with Crippen LogP contribution in [0, 0.1) is 0 Å². The van der Waals surface area contributed by atoms with Crippen molar-refractivity contribution in [1.29, 1.82) is 0 Å². The number of carbonyl (C=O) groups excluding carboxylic acids is 3. The summed E-state index contributed by atoms with van der Waals surface area (Å²) in [6.45, 7) is 7.10. The van der Waals surface area contributed by atoms with Crippen LogP contribution in [0.2, 0.25) is 0 Å². The first-order chi connectivity index (χ1) is 13.0. The number of hydrogen-bond acceptors (Lipinski definition) is 3. The molecule has 2 rings (SSSR count). The maximum absolute atomic E-state index is 12.5. The fraction of sp³-hybridized carbons (Fsp3) is 0.550. The average Bonchev–Trinajstić information content (AvgIpc) is 3.21. The van der Waals surface area contributed by atoms with Gasteiger partial charge in [0.05, 0.1) is 6.54 Å². The number of amides is 4. The van der Waals surface area contributed by atoms with Gasteiger partial charge in [0.2, 0.25) is 5.91 Å². The van der Waals surface area contributed by atoms with E-state index in [0.29, 0.717) is 11.3 Å². The van der Waals surface area contributed by atoms with Crippen molar-refractivity contribution in [3.05, 3.63) is 29.8 Å². The van der Waals surface area contributed by atoms with E-state index in [1.165, 1.54) is 0 Å². The second-order valence-electron chi connectivity index (χ2n) is 6.77. The molecule has 148 valence electrons. The first kappa shape index (κ1) is 20.7. The van der Waals surface area contributed by atoms with E-state index < -0.39 is 6.03 Å². The van der Waals surface area contributed by atoms with Gasteiger partial charge in [0.1, 0.15) is 0 Å². The molecule has 7 heteroatoms. The zero-order chi connectivity index (χ0) is 19.6. The third kappa shape index (κ3) is 6.27. The van der Waals surface area contributed by atoms with Crippen molar-refractivity contribution in [2.75, 3.05) is 38.0 Å². The van der Waals surface area contributed by atoms with Gasteiger partial charge in [0, 0.05) is 37.4 Å². The van der Waals surface area contributed by atoms with E-state index >= 15 is 0 Å². The van der Waals surface area contributed by atoms with Crippen molar-refractivity contribution in [2.45, 2.75) is 39.5 Å². The first-order valence-electron chi connectivity index (χ1n) is 9.77. The SMILES string of the molecule is CCCN(CCC)C(=O)c1ccc(NC(=O)NCC(=O)N2CCCC2)cc1. The summed E-state index contributed by atoms with van der Waals surface area (Å²) in [5, 5.41) is 5.27. The molecule has 0 saturated carbocycles. The van der Waals surface area contributed by atoms with Gasteiger partial charge < -0.3 is 20.4 Å². The summed E-state index contributed by atoms with van der Waals surface area (Å²) < 4.78 is 0. The molecule has 0 aromatic heterocycles. The highest BCUT2D eigenvalue weighted by Gasteiger charge is 2.18. The minimum Gasteiger partial charge on any atom is -0.341 e. The lowest BCUT2D eigenvalue weighted by Gasteiger charge is -2.21. The van der Waals surface area contributed by atoms with Gasteiger partial charge in [0.15, 0.2) is 0 Å². The van der Waals surface area contributed by atoms with E-state index in [4.69, 9.17) is 0 Å². The number of carbonyl (C=O) groups is 3. The van der Waals surface area contributed by atoms with Gasteiger partial charge in [-0.2, -0.15) is 0 Å². The van der Waals surface area contributed by atoms with Crippen molar-refractivity contribution < 1.29 is 14.4 Å². The number of urea groups is 1. The van der Waals surface area contributed by atoms with E-state index in [1.807, 2.05) is 4.90 Å². The van der Waals surface area contributed by atoms with Crippen LogP contribution in [-0.4, -0.2) is 60.4 Å². The van der Waals surface area contributed by atoms with Gasteiger partial charge in [-0.3, -0.25) is 9.59 Å². The Labute approximate surface area is 161 Å². The van der Waals surface area contributed by atoms with E-state index in [9.17, 15) is 14.4 Å². The van der Waals surface area contributed by atoms with Crippen LogP contribution in [0.1, 0.15) is 49.9 Å². The van der Waals surface area contributed by atoms with Gasteiger partial charge in [-0.05, 0) is 49.9 Å². The van der Waals surface area contributed by atoms with Crippen LogP contribution >= 0.6 is 0 Å². The lowest BCUT2D eigenvalue weighted by atomic mass is 10.1. The Morgan fingerprint density at radius 1 is 1.00 bits per heavy atom. The minimum absolute atomic E-state index is 0.00547. The molecule has 1 fully saturated rings. The highest BCUT2D eigenvalue weighted by Crippen LogP contribution is 2.12. The molecule has 1 aliphatic rings. The minimum atomic E-state index is -0.430. The second-order valence-corrected chi connectivity index (χ2v) is 6.77. The van der Waals surface area contributed by atoms with Crippen LogP contribution < -0.4 is 10.6 Å². The summed E-state index contributed by atoms with van der Waals surface area (Å²) in [6.07, 6.45) is 3.89. The molecule has 0 spiro atoms. The molecule has 1 aliphatic heterocycles. The van der Waals surface area contributed by atoms with Crippen molar-refractivity contribution in [2.24, 2.45) is 0 Å². The van der Waals surface area contributed by atoms with Crippen molar-refractivity contribution in [3.63, 3.8) is 0 Å². The quantitative estimate of drug-likeness (QED) is 0.734. The maximum Gasteiger partial charge on any atom is 0.319 e. The van der Waals surface area contributed by atoms with Crippen molar-refractivity contribution in [1.82, 2.24) is 15.1 Å². The predicted octanol–water partition coefficient (Wildman–Crippen LogP) is 2.69. The number of likely N-dealkylation sites (tertiary alicyclic amines) is 1. The highest BCUT2D eigenvalue weighted by atomic mass is 16.2. The molecular formula is C20H30N4O3. The fourth-order valence-corrected chi connectivity index (χ4v) is 3.14. The van der Waals surface area contributed by atoms with Gasteiger partial charge in [-0.25, -0.2) is 4.79 Å². The van der Waals surface area contributed by atoms with Crippen molar-refractivity contribution >= 4 is 23.5 Å². The number of hydrogen-bond donors (Lipinski definition) is 2. The summed E-state index contributed by atoms with van der Waals surface area (Å²) in [5.41, 5.74) is 1.18. The topological polar surface area (TPSA) is 81.8 Å². The Balaban J connectivity index is 1.84. The molecule has 0 unspecified atom stereocenters. The number of nitrogens with zero attached hydrogens (tertiary/aromatic N) is 2. The van der Waals surface area contributed by atoms with Crippen LogP contribution in [-0.2, 0) is 4.79 Å². The number of benzene rings is 1. The van der Waals surface area contributed by atoms with Crippen LogP contribution in [0.25, 0.3) is 0 Å². The van der Waals surface area contributed by atoms with Crippen LogP contribution in [0.5, 0.6) is 0 Å². The van der Waals surface area contributed by atoms with E-state index in [0.717, 1.165) is 51.9 Å². The Kier molecular flexibility index (Phi) is 8.10. The zero-order valence-electron chi connectivity index (χ0n) is 16.3. The molecule has 2 N–H and O–H groups in total. The third-order valence-corrected chi connectivity index (χ3v) is 4.52. The van der Waals surface area contributed by atoms with Gasteiger partial charge in [-0.1, -0.05) is 13.8 Å². The molecule has 4 amide bonds. The van der Waals surface area contributed by atoms with Crippen LogP contribution in [0.3, 0.4) is 0 Å². The first-order valence-corrected chi connectivity index (χ1v) is 9.77. The van der Waals surface area contributed by atoms with E-state index in [1.54, 1.807) is 29.2 Å². The van der Waals surface area contributed by atoms with Crippen LogP contribution in [0.4, 0.5) is 10.5 Å². The Morgan fingerprint density at radius 2 is 1.59 bits per heavy atom. The largest absolute Gasteiger partial charge is 0.341 e. The molecule has 7 nitrogen and oxygen atoms in total. The summed E-state index contributed by atoms with van der Waals surface area (Å²) in [6, 6.07) is 6.40. The molecule has 0 aliphatic carbocycles. The summed E-state index contributed by atoms with van der Waals surface area (Å²) in [5.74, 6) is -0.0542. The number of rotatable bonds is 8. The molecular weight excluding hydrogens is 344 g/mol. The zero-order valence-corrected chi connectivity index (χ0v) is 16.3. The smallest absolute Gasteiger partial charge is 0.319 e. The molecule has 27 heavy (non-hydrogen) atoms. The Morgan fingerprint density at radius 3 is 2.15 bits per heavy atom. The Hall–Kier alpha value is -2.57. The van der Waals surface area contributed by atoms with Crippen LogP contribution in [0.15, 0.2) is 24.3 Å². The van der Waals surface area contributed by atoms with Gasteiger partial charge in [0.25, 0.3) is 5.91 Å². The lowest BCUT2D eigenvalue weighted by molar-refractivity contribution is -0.128. The molecule has 1 saturated heterocycles. The van der Waals surface area contributed by atoms with Gasteiger partial charge in [-0.15, -0.1) is 0 Å². The highest BCUT2D eigenvalue weighted by molar-refractivity contribution is 5.96. The van der Waals surface area contributed by atoms with Crippen molar-refractivity contribution in [3.8, 4) is 0 Å². The monoisotopic (exact) mass is 374 g/mol. The second kappa shape index (κ2) is 10.5. The average molecular weight is 374 g/mol. The number of nitrogens with one attached hydrogen (secondary N) is 2. The third-order valence-electron chi connectivity index (χ3n) is 4.52. The molecule has 0 atom stereocenters. The normalized spacial score (nSPS) is 13.3. The molecule has 0 bridgehead atoms. The lowest BCUT2D eigenvalue weighted by Crippen LogP contribution is -2.40. The molecule has 1 aromatic carbocycles. The van der Waals surface area contributed by atoms with E-state index in [2.05, 4.69) is 24.5 Å². The summed E-state index contributed by atoms with van der Waals surface area (Å²) in [4.78, 5) is 40.0. The van der Waals surface area contributed by atoms with Gasteiger partial charge >= 0.3 is 6.03 Å². The summed E-state index contributed by atoms with van der Waals surface area (Å²) >= 11 is 0. The molecule has 1 aromatic rings. The Bertz CT molecular complexity index is 633. The number of anilines is 1. The summed E-state index contributed by atoms with van der Waals surface area (Å²) in [7, 11) is 0. The fourth-order valence-electron chi connectivity index (χ4n) is 3.14. The predicted molar refractivity (Wildman–Crippen MR) is 106 cm³/mol. The standard InChI is InChI=1S/C20H30N4O3/c1-3-11-24(12-4-2)19(26)16-7-9-17(10-8-16)22-20(27)21-15-18(25)23-13-5-6-14-23/h7-10H,3-6,11-15H2,1-2H3,(H2,21,22,27).